The monoisotopic (exact) mass is 431 g/mol. The lowest BCUT2D eigenvalue weighted by atomic mass is 10.0. The van der Waals surface area contributed by atoms with Crippen LogP contribution in [-0.2, 0) is 21.2 Å². The Morgan fingerprint density at radius 3 is 2.53 bits per heavy atom. The van der Waals surface area contributed by atoms with E-state index in [-0.39, 0.29) is 24.4 Å². The molecule has 6 N–H and O–H groups in total. The molecule has 0 unspecified atom stereocenters. The maximum atomic E-state index is 12.4. The molecular formula is C19H21N5O5S. The van der Waals surface area contributed by atoms with Gasteiger partial charge in [0, 0.05) is 30.4 Å². The molecule has 11 heteroatoms. The summed E-state index contributed by atoms with van der Waals surface area (Å²) < 4.78 is 27.2. The molecule has 2 amide bonds. The first kappa shape index (κ1) is 21.3. The topological polar surface area (TPSA) is 167 Å². The molecule has 158 valence electrons. The van der Waals surface area contributed by atoms with E-state index in [1.807, 2.05) is 0 Å². The maximum absolute atomic E-state index is 12.4. The molecule has 0 atom stereocenters. The van der Waals surface area contributed by atoms with E-state index >= 15 is 0 Å². The molecule has 0 aliphatic rings. The van der Waals surface area contributed by atoms with Crippen molar-refractivity contribution in [3.05, 3.63) is 48.3 Å². The van der Waals surface area contributed by atoms with Gasteiger partial charge >= 0.3 is 6.09 Å². The van der Waals surface area contributed by atoms with Crippen LogP contribution in [-0.4, -0.2) is 48.6 Å². The predicted molar refractivity (Wildman–Crippen MR) is 110 cm³/mol. The minimum absolute atomic E-state index is 0.0701. The first-order valence-electron chi connectivity index (χ1n) is 9.08. The normalized spacial score (nSPS) is 11.5. The molecule has 0 bridgehead atoms. The van der Waals surface area contributed by atoms with Crippen LogP contribution in [0, 0.1) is 0 Å². The largest absolute Gasteiger partial charge is 0.465 e. The zero-order chi connectivity index (χ0) is 21.7. The average Bonchev–Trinajstić information content (AvgIpc) is 3.09. The van der Waals surface area contributed by atoms with Crippen LogP contribution >= 0.6 is 0 Å². The van der Waals surface area contributed by atoms with Gasteiger partial charge in [-0.05, 0) is 41.8 Å². The number of fused-ring (bicyclic) bond motifs is 1. The second-order valence-electron chi connectivity index (χ2n) is 6.57. The van der Waals surface area contributed by atoms with Crippen molar-refractivity contribution in [3.63, 3.8) is 0 Å². The molecule has 0 aliphatic heterocycles. The average molecular weight is 431 g/mol. The zero-order valence-corrected chi connectivity index (χ0v) is 16.7. The van der Waals surface area contributed by atoms with Gasteiger partial charge in [-0.25, -0.2) is 22.9 Å². The number of nitrogens with two attached hydrogens (primary N) is 1. The number of rotatable bonds is 9. The molecule has 1 aromatic carbocycles. The lowest BCUT2D eigenvalue weighted by Crippen LogP contribution is -2.29. The predicted octanol–water partition coefficient (Wildman–Crippen LogP) is 1.19. The van der Waals surface area contributed by atoms with Crippen LogP contribution in [0.1, 0.15) is 12.1 Å². The first-order valence-corrected chi connectivity index (χ1v) is 10.6. The Morgan fingerprint density at radius 2 is 1.87 bits per heavy atom. The number of carbonyl (C=O) groups is 2. The second kappa shape index (κ2) is 8.93. The van der Waals surface area contributed by atoms with Gasteiger partial charge in [-0.1, -0.05) is 12.1 Å². The van der Waals surface area contributed by atoms with Gasteiger partial charge in [0.05, 0.1) is 11.3 Å². The van der Waals surface area contributed by atoms with E-state index in [0.717, 1.165) is 16.5 Å². The quantitative estimate of drug-likeness (QED) is 0.319. The number of hydrogen-bond acceptors (Lipinski definition) is 5. The number of pyridine rings is 1. The van der Waals surface area contributed by atoms with Crippen molar-refractivity contribution < 1.29 is 23.1 Å². The first-order chi connectivity index (χ1) is 14.3. The zero-order valence-electron chi connectivity index (χ0n) is 15.9. The Hall–Kier alpha value is -3.44. The second-order valence-corrected chi connectivity index (χ2v) is 8.33. The molecule has 2 heterocycles. The summed E-state index contributed by atoms with van der Waals surface area (Å²) in [6.45, 7) is 0.268. The van der Waals surface area contributed by atoms with Gasteiger partial charge in [0.15, 0.2) is 0 Å². The molecule has 0 saturated heterocycles. The fourth-order valence-electron chi connectivity index (χ4n) is 3.00. The number of sulfonamides is 1. The SMILES string of the molecule is NC(=O)Cc1cc2c(-c3ccc(S(=O)(=O)NCCCNC(=O)O)cc3)ccnc2[nH]1. The standard InChI is InChI=1S/C19H21N5O5S/c20-17(25)11-13-10-16-15(6-9-21-18(16)24-13)12-2-4-14(5-3-12)30(28,29)23-8-1-7-22-19(26)27/h2-6,9-10,22-23H,1,7-8,11H2,(H2,20,25)(H,21,24)(H,26,27). The number of aromatic nitrogens is 2. The van der Waals surface area contributed by atoms with E-state index in [0.29, 0.717) is 17.8 Å². The molecule has 10 nitrogen and oxygen atoms in total. The van der Waals surface area contributed by atoms with Crippen LogP contribution in [0.4, 0.5) is 4.79 Å². The number of nitrogens with zero attached hydrogens (tertiary/aromatic N) is 1. The summed E-state index contributed by atoms with van der Waals surface area (Å²) in [5.74, 6) is -0.455. The third kappa shape index (κ3) is 5.13. The van der Waals surface area contributed by atoms with Crippen LogP contribution in [0.15, 0.2) is 47.5 Å². The highest BCUT2D eigenvalue weighted by molar-refractivity contribution is 7.89. The molecule has 0 spiro atoms. The van der Waals surface area contributed by atoms with E-state index in [1.165, 1.54) is 12.1 Å². The summed E-state index contributed by atoms with van der Waals surface area (Å²) in [6, 6.07) is 9.99. The minimum Gasteiger partial charge on any atom is -0.465 e. The van der Waals surface area contributed by atoms with Gasteiger partial charge in [0.25, 0.3) is 0 Å². The molecule has 3 rings (SSSR count). The minimum atomic E-state index is -3.71. The maximum Gasteiger partial charge on any atom is 0.404 e. The van der Waals surface area contributed by atoms with Gasteiger partial charge < -0.3 is 21.1 Å². The van der Waals surface area contributed by atoms with Crippen LogP contribution < -0.4 is 15.8 Å². The fourth-order valence-corrected chi connectivity index (χ4v) is 4.08. The van der Waals surface area contributed by atoms with E-state index in [1.54, 1.807) is 30.5 Å². The van der Waals surface area contributed by atoms with Crippen molar-refractivity contribution in [2.75, 3.05) is 13.1 Å². The van der Waals surface area contributed by atoms with Gasteiger partial charge in [-0.3, -0.25) is 4.79 Å². The smallest absolute Gasteiger partial charge is 0.404 e. The van der Waals surface area contributed by atoms with Gasteiger partial charge in [-0.15, -0.1) is 0 Å². The highest BCUT2D eigenvalue weighted by Gasteiger charge is 2.15. The third-order valence-corrected chi connectivity index (χ3v) is 5.83. The lowest BCUT2D eigenvalue weighted by molar-refractivity contribution is -0.117. The Bertz CT molecular complexity index is 1170. The van der Waals surface area contributed by atoms with Crippen LogP contribution in [0.25, 0.3) is 22.2 Å². The lowest BCUT2D eigenvalue weighted by Gasteiger charge is -2.08. The Morgan fingerprint density at radius 1 is 1.13 bits per heavy atom. The number of aromatic amines is 1. The van der Waals surface area contributed by atoms with Crippen molar-refractivity contribution in [1.82, 2.24) is 20.0 Å². The molecule has 0 radical (unpaired) electrons. The molecule has 2 aromatic heterocycles. The number of carbonyl (C=O) groups excluding carboxylic acids is 1. The van der Waals surface area contributed by atoms with Crippen molar-refractivity contribution >= 4 is 33.1 Å². The Kier molecular flexibility index (Phi) is 6.33. The molecule has 0 aliphatic carbocycles. The summed E-state index contributed by atoms with van der Waals surface area (Å²) in [5, 5.41) is 11.5. The number of amides is 2. The van der Waals surface area contributed by atoms with Crippen molar-refractivity contribution in [2.45, 2.75) is 17.7 Å². The number of carboxylic acid groups (broad SMARTS) is 1. The summed E-state index contributed by atoms with van der Waals surface area (Å²) in [6.07, 6.45) is 0.878. The van der Waals surface area contributed by atoms with Gasteiger partial charge in [0.2, 0.25) is 15.9 Å². The third-order valence-electron chi connectivity index (χ3n) is 4.35. The highest BCUT2D eigenvalue weighted by Crippen LogP contribution is 2.29. The summed E-state index contributed by atoms with van der Waals surface area (Å²) in [7, 11) is -3.71. The van der Waals surface area contributed by atoms with Gasteiger partial charge in [0.1, 0.15) is 5.65 Å². The van der Waals surface area contributed by atoms with E-state index < -0.39 is 22.0 Å². The number of benzene rings is 1. The number of nitrogens with one attached hydrogen (secondary N) is 3. The summed E-state index contributed by atoms with van der Waals surface area (Å²) in [4.78, 5) is 29.0. The highest BCUT2D eigenvalue weighted by atomic mass is 32.2. The fraction of sp³-hybridized carbons (Fsp3) is 0.211. The van der Waals surface area contributed by atoms with Crippen LogP contribution in [0.5, 0.6) is 0 Å². The van der Waals surface area contributed by atoms with E-state index in [9.17, 15) is 18.0 Å². The van der Waals surface area contributed by atoms with Crippen molar-refractivity contribution in [1.29, 1.82) is 0 Å². The van der Waals surface area contributed by atoms with Crippen molar-refractivity contribution in [2.24, 2.45) is 5.73 Å². The van der Waals surface area contributed by atoms with Crippen LogP contribution in [0.2, 0.25) is 0 Å². The van der Waals surface area contributed by atoms with Crippen molar-refractivity contribution in [3.8, 4) is 11.1 Å². The molecule has 0 fully saturated rings. The molecule has 0 saturated carbocycles. The summed E-state index contributed by atoms with van der Waals surface area (Å²) in [5.41, 5.74) is 8.13. The number of hydrogen-bond donors (Lipinski definition) is 5. The number of H-pyrrole nitrogens is 1. The van der Waals surface area contributed by atoms with Crippen LogP contribution in [0.3, 0.4) is 0 Å². The summed E-state index contributed by atoms with van der Waals surface area (Å²) >= 11 is 0. The Labute approximate surface area is 172 Å². The van der Waals surface area contributed by atoms with E-state index in [4.69, 9.17) is 10.8 Å². The molecule has 30 heavy (non-hydrogen) atoms. The number of primary amides is 1. The Balaban J connectivity index is 1.76. The van der Waals surface area contributed by atoms with Gasteiger partial charge in [-0.2, -0.15) is 0 Å². The van der Waals surface area contributed by atoms with E-state index in [2.05, 4.69) is 20.0 Å². The molecule has 3 aromatic rings. The molecular weight excluding hydrogens is 410 g/mol.